The maximum absolute atomic E-state index is 13.7. The predicted octanol–water partition coefficient (Wildman–Crippen LogP) is 2.52. The molecule has 0 aliphatic carbocycles. The van der Waals surface area contributed by atoms with Crippen LogP contribution in [0.3, 0.4) is 0 Å². The van der Waals surface area contributed by atoms with Crippen LogP contribution in [0.5, 0.6) is 0 Å². The van der Waals surface area contributed by atoms with Gasteiger partial charge in [0.25, 0.3) is 0 Å². The molecular weight excluding hydrogens is 366 g/mol. The Morgan fingerprint density at radius 3 is 2.59 bits per heavy atom. The highest BCUT2D eigenvalue weighted by Crippen LogP contribution is 2.48. The summed E-state index contributed by atoms with van der Waals surface area (Å²) in [6, 6.07) is 16.9. The van der Waals surface area contributed by atoms with Crippen LogP contribution in [-0.2, 0) is 22.4 Å². The molecule has 6 nitrogen and oxygen atoms in total. The zero-order chi connectivity index (χ0) is 20.0. The molecule has 3 aliphatic rings. The number of amides is 4. The van der Waals surface area contributed by atoms with Crippen molar-refractivity contribution in [2.24, 2.45) is 5.41 Å². The molecule has 29 heavy (non-hydrogen) atoms. The number of nitrogens with one attached hydrogen (secondary N) is 1. The SMILES string of the molecule is O=C1NC(=O)[C@]2(Cc3ccccc3N3CCC[C@H]32)C(=O)N1CCc1ccccc1. The molecule has 5 rings (SSSR count). The van der Waals surface area contributed by atoms with Gasteiger partial charge in [0, 0.05) is 18.8 Å². The zero-order valence-electron chi connectivity index (χ0n) is 16.1. The highest BCUT2D eigenvalue weighted by molar-refractivity contribution is 6.20. The molecule has 0 bridgehead atoms. The van der Waals surface area contributed by atoms with E-state index < -0.39 is 17.4 Å². The highest BCUT2D eigenvalue weighted by atomic mass is 16.2. The number of imide groups is 2. The van der Waals surface area contributed by atoms with Crippen LogP contribution in [0.1, 0.15) is 24.0 Å². The van der Waals surface area contributed by atoms with Gasteiger partial charge in [-0.2, -0.15) is 0 Å². The molecular formula is C23H23N3O3. The van der Waals surface area contributed by atoms with Crippen molar-refractivity contribution in [3.8, 4) is 0 Å². The van der Waals surface area contributed by atoms with Gasteiger partial charge in [0.2, 0.25) is 11.8 Å². The Morgan fingerprint density at radius 1 is 1.00 bits per heavy atom. The lowest BCUT2D eigenvalue weighted by Gasteiger charge is -2.49. The van der Waals surface area contributed by atoms with Crippen LogP contribution in [0.2, 0.25) is 0 Å². The summed E-state index contributed by atoms with van der Waals surface area (Å²) in [4.78, 5) is 42.9. The predicted molar refractivity (Wildman–Crippen MR) is 108 cm³/mol. The normalized spacial score (nSPS) is 25.8. The Bertz CT molecular complexity index is 990. The first-order valence-electron chi connectivity index (χ1n) is 10.2. The lowest BCUT2D eigenvalue weighted by atomic mass is 9.68. The number of nitrogens with zero attached hydrogens (tertiary/aromatic N) is 2. The molecule has 0 saturated carbocycles. The summed E-state index contributed by atoms with van der Waals surface area (Å²) in [6.45, 7) is 1.08. The minimum atomic E-state index is -1.24. The molecule has 0 radical (unpaired) electrons. The molecule has 3 aliphatic heterocycles. The van der Waals surface area contributed by atoms with E-state index in [-0.39, 0.29) is 18.5 Å². The van der Waals surface area contributed by atoms with Crippen LogP contribution in [0, 0.1) is 5.41 Å². The minimum absolute atomic E-state index is 0.211. The largest absolute Gasteiger partial charge is 0.367 e. The van der Waals surface area contributed by atoms with Gasteiger partial charge in [-0.25, -0.2) is 4.79 Å². The topological polar surface area (TPSA) is 69.7 Å². The van der Waals surface area contributed by atoms with Crippen molar-refractivity contribution in [3.05, 3.63) is 65.7 Å². The number of benzene rings is 2. The number of rotatable bonds is 3. The molecule has 2 saturated heterocycles. The number of fused-ring (bicyclic) bond motifs is 4. The average Bonchev–Trinajstić information content (AvgIpc) is 3.23. The molecule has 3 heterocycles. The summed E-state index contributed by atoms with van der Waals surface area (Å²) in [6.07, 6.45) is 2.60. The molecule has 2 fully saturated rings. The fourth-order valence-corrected chi connectivity index (χ4v) is 5.17. The molecule has 148 valence electrons. The van der Waals surface area contributed by atoms with E-state index in [9.17, 15) is 14.4 Å². The summed E-state index contributed by atoms with van der Waals surface area (Å²) >= 11 is 0. The molecule has 0 aromatic heterocycles. The van der Waals surface area contributed by atoms with Gasteiger partial charge in [0.1, 0.15) is 0 Å². The van der Waals surface area contributed by atoms with Crippen LogP contribution in [0.4, 0.5) is 10.5 Å². The fraction of sp³-hybridized carbons (Fsp3) is 0.348. The molecule has 6 heteroatoms. The second-order valence-corrected chi connectivity index (χ2v) is 8.08. The van der Waals surface area contributed by atoms with E-state index in [4.69, 9.17) is 0 Å². The molecule has 0 unspecified atom stereocenters. The molecule has 2 aromatic rings. The Labute approximate surface area is 169 Å². The van der Waals surface area contributed by atoms with Gasteiger partial charge in [0.15, 0.2) is 5.41 Å². The van der Waals surface area contributed by atoms with Crippen LogP contribution >= 0.6 is 0 Å². The van der Waals surface area contributed by atoms with E-state index in [0.29, 0.717) is 12.8 Å². The van der Waals surface area contributed by atoms with Gasteiger partial charge in [-0.15, -0.1) is 0 Å². The Hall–Kier alpha value is -3.15. The van der Waals surface area contributed by atoms with Crippen molar-refractivity contribution in [2.45, 2.75) is 31.7 Å². The number of para-hydroxylation sites is 1. The van der Waals surface area contributed by atoms with E-state index in [1.165, 1.54) is 4.90 Å². The van der Waals surface area contributed by atoms with E-state index in [1.54, 1.807) is 0 Å². The molecule has 4 amide bonds. The highest BCUT2D eigenvalue weighted by Gasteiger charge is 2.62. The fourth-order valence-electron chi connectivity index (χ4n) is 5.17. The third-order valence-electron chi connectivity index (χ3n) is 6.56. The second kappa shape index (κ2) is 6.72. The second-order valence-electron chi connectivity index (χ2n) is 8.08. The van der Waals surface area contributed by atoms with E-state index in [1.807, 2.05) is 48.5 Å². The first kappa shape index (κ1) is 17.9. The summed E-state index contributed by atoms with van der Waals surface area (Å²) in [5, 5.41) is 2.50. The van der Waals surface area contributed by atoms with Crippen LogP contribution in [-0.4, -0.2) is 41.9 Å². The van der Waals surface area contributed by atoms with Crippen LogP contribution in [0.15, 0.2) is 54.6 Å². The summed E-state index contributed by atoms with van der Waals surface area (Å²) in [7, 11) is 0. The van der Waals surface area contributed by atoms with Gasteiger partial charge in [-0.3, -0.25) is 19.8 Å². The molecule has 2 atom stereocenters. The van der Waals surface area contributed by atoms with Crippen molar-refractivity contribution in [1.29, 1.82) is 0 Å². The first-order valence-corrected chi connectivity index (χ1v) is 10.2. The summed E-state index contributed by atoms with van der Waals surface area (Å²) in [5.74, 6) is -0.802. The number of carbonyl (C=O) groups is 3. The number of carbonyl (C=O) groups excluding carboxylic acids is 3. The van der Waals surface area contributed by atoms with Crippen LogP contribution < -0.4 is 10.2 Å². The van der Waals surface area contributed by atoms with Crippen molar-refractivity contribution < 1.29 is 14.4 Å². The number of hydrogen-bond acceptors (Lipinski definition) is 4. The molecule has 1 N–H and O–H groups in total. The lowest BCUT2D eigenvalue weighted by Crippen LogP contribution is -2.71. The van der Waals surface area contributed by atoms with Gasteiger partial charge >= 0.3 is 6.03 Å². The zero-order valence-corrected chi connectivity index (χ0v) is 16.1. The monoisotopic (exact) mass is 389 g/mol. The van der Waals surface area contributed by atoms with Gasteiger partial charge in [-0.05, 0) is 42.9 Å². The van der Waals surface area contributed by atoms with Crippen molar-refractivity contribution >= 4 is 23.5 Å². The third-order valence-corrected chi connectivity index (χ3v) is 6.56. The summed E-state index contributed by atoms with van der Waals surface area (Å²) in [5.41, 5.74) is 1.91. The third kappa shape index (κ3) is 2.66. The number of hydrogen-bond donors (Lipinski definition) is 1. The van der Waals surface area contributed by atoms with Crippen molar-refractivity contribution in [3.63, 3.8) is 0 Å². The summed E-state index contributed by atoms with van der Waals surface area (Å²) < 4.78 is 0. The number of urea groups is 1. The molecule has 1 spiro atoms. The van der Waals surface area contributed by atoms with Gasteiger partial charge in [-0.1, -0.05) is 48.5 Å². The standard InChI is InChI=1S/C23H23N3O3/c27-20-23(15-17-9-4-5-10-18(17)25-13-6-11-19(23)25)21(28)26(22(29)24-20)14-12-16-7-2-1-3-8-16/h1-5,7-10,19H,6,11-15H2,(H,24,27,29)/t19-,23+/m0/s1. The van der Waals surface area contributed by atoms with Gasteiger partial charge in [0.05, 0.1) is 6.04 Å². The Kier molecular flexibility index (Phi) is 4.15. The number of barbiturate groups is 1. The van der Waals surface area contributed by atoms with E-state index in [2.05, 4.69) is 16.3 Å². The van der Waals surface area contributed by atoms with Gasteiger partial charge < -0.3 is 4.90 Å². The number of anilines is 1. The Morgan fingerprint density at radius 2 is 1.76 bits per heavy atom. The molecule has 2 aromatic carbocycles. The maximum atomic E-state index is 13.7. The average molecular weight is 389 g/mol. The van der Waals surface area contributed by atoms with E-state index >= 15 is 0 Å². The van der Waals surface area contributed by atoms with Crippen molar-refractivity contribution in [1.82, 2.24) is 10.2 Å². The van der Waals surface area contributed by atoms with Crippen molar-refractivity contribution in [2.75, 3.05) is 18.0 Å². The lowest BCUT2D eigenvalue weighted by molar-refractivity contribution is -0.153. The minimum Gasteiger partial charge on any atom is -0.367 e. The van der Waals surface area contributed by atoms with Crippen LogP contribution in [0.25, 0.3) is 0 Å². The first-order chi connectivity index (χ1) is 14.1. The Balaban J connectivity index is 1.51. The quantitative estimate of drug-likeness (QED) is 0.819. The maximum Gasteiger partial charge on any atom is 0.330 e. The van der Waals surface area contributed by atoms with E-state index in [0.717, 1.165) is 36.2 Å². The smallest absolute Gasteiger partial charge is 0.330 e.